The first kappa shape index (κ1) is 20.1. The van der Waals surface area contributed by atoms with E-state index in [0.29, 0.717) is 23.2 Å². The molecule has 4 rings (SSSR count). The van der Waals surface area contributed by atoms with Crippen LogP contribution in [0.25, 0.3) is 0 Å². The molecule has 2 bridgehead atoms. The lowest BCUT2D eigenvalue weighted by molar-refractivity contribution is -0.185. The maximum Gasteiger partial charge on any atom is 0.349 e. The van der Waals surface area contributed by atoms with Gasteiger partial charge in [0, 0.05) is 12.1 Å². The number of fused-ring (bicyclic) bond motifs is 2. The van der Waals surface area contributed by atoms with Crippen LogP contribution in [0.3, 0.4) is 0 Å². The van der Waals surface area contributed by atoms with Gasteiger partial charge in [-0.1, -0.05) is 73.0 Å². The molecule has 2 unspecified atom stereocenters. The van der Waals surface area contributed by atoms with Crippen LogP contribution in [0.2, 0.25) is 0 Å². The van der Waals surface area contributed by atoms with E-state index in [0.717, 1.165) is 5.56 Å². The van der Waals surface area contributed by atoms with Crippen molar-refractivity contribution in [1.29, 1.82) is 0 Å². The topological polar surface area (TPSA) is 49.8 Å². The predicted octanol–water partition coefficient (Wildman–Crippen LogP) is 4.53. The van der Waals surface area contributed by atoms with E-state index in [2.05, 4.69) is 4.90 Å². The van der Waals surface area contributed by atoms with Crippen LogP contribution in [0, 0.1) is 6.92 Å². The first-order chi connectivity index (χ1) is 14.0. The normalized spacial score (nSPS) is 25.1. The fourth-order valence-electron chi connectivity index (χ4n) is 5.13. The molecular weight excluding hydrogens is 362 g/mol. The highest BCUT2D eigenvalue weighted by molar-refractivity contribution is 5.85. The Morgan fingerprint density at radius 2 is 1.48 bits per heavy atom. The largest absolute Gasteiger partial charge is 0.444 e. The summed E-state index contributed by atoms with van der Waals surface area (Å²) in [6, 6.07) is 17.5. The Morgan fingerprint density at radius 3 is 2.03 bits per heavy atom. The Morgan fingerprint density at radius 1 is 0.966 bits per heavy atom. The van der Waals surface area contributed by atoms with Gasteiger partial charge in [0.15, 0.2) is 6.23 Å². The maximum atomic E-state index is 13.4. The van der Waals surface area contributed by atoms with Gasteiger partial charge in [-0.3, -0.25) is 4.90 Å². The van der Waals surface area contributed by atoms with E-state index in [-0.39, 0.29) is 6.23 Å². The van der Waals surface area contributed by atoms with Crippen molar-refractivity contribution in [2.75, 3.05) is 0 Å². The number of ether oxygens (including phenoxy) is 1. The van der Waals surface area contributed by atoms with Gasteiger partial charge in [0.1, 0.15) is 0 Å². The summed E-state index contributed by atoms with van der Waals surface area (Å²) in [5.41, 5.74) is 0.311. The second kappa shape index (κ2) is 8.29. The van der Waals surface area contributed by atoms with Gasteiger partial charge in [0.2, 0.25) is 5.60 Å². The van der Waals surface area contributed by atoms with E-state index < -0.39 is 11.6 Å². The second-order valence-corrected chi connectivity index (χ2v) is 8.56. The summed E-state index contributed by atoms with van der Waals surface area (Å²) in [4.78, 5) is 15.8. The number of benzene rings is 2. The Kier molecular flexibility index (Phi) is 5.75. The third-order valence-electron chi connectivity index (χ3n) is 6.65. The molecule has 0 amide bonds. The van der Waals surface area contributed by atoms with Crippen LogP contribution in [0.15, 0.2) is 54.6 Å². The average molecular weight is 394 g/mol. The molecule has 2 aromatic rings. The second-order valence-electron chi connectivity index (χ2n) is 8.56. The number of nitrogens with zero attached hydrogens (tertiary/aromatic N) is 1. The molecule has 1 N–H and O–H groups in total. The summed E-state index contributed by atoms with van der Waals surface area (Å²) in [7, 11) is 0. The monoisotopic (exact) mass is 393 g/mol. The molecule has 0 aliphatic carbocycles. The number of aryl methyl sites for hydroxylation is 1. The van der Waals surface area contributed by atoms with Crippen molar-refractivity contribution >= 4 is 5.97 Å². The standard InChI is InChI=1S/C25H31NO3/c1-18-14-16-21(17-15-18)25(28,20-8-4-3-5-9-20)24(27)29-19(2)26-22-10-6-11-23(26)13-7-12-22/h3-5,8-9,14-17,19,22-23,28H,6-7,10-13H2,1-2H3. The summed E-state index contributed by atoms with van der Waals surface area (Å²) in [5.74, 6) is -0.608. The molecule has 0 saturated carbocycles. The third kappa shape index (κ3) is 3.84. The van der Waals surface area contributed by atoms with Gasteiger partial charge >= 0.3 is 5.97 Å². The van der Waals surface area contributed by atoms with E-state index in [9.17, 15) is 9.90 Å². The number of carbonyl (C=O) groups is 1. The maximum absolute atomic E-state index is 13.4. The first-order valence-corrected chi connectivity index (χ1v) is 10.8. The number of hydrogen-bond donors (Lipinski definition) is 1. The summed E-state index contributed by atoms with van der Waals surface area (Å²) in [6.07, 6.45) is 6.82. The minimum atomic E-state index is -1.83. The number of esters is 1. The van der Waals surface area contributed by atoms with Gasteiger partial charge in [-0.05, 0) is 50.7 Å². The third-order valence-corrected chi connectivity index (χ3v) is 6.65. The van der Waals surface area contributed by atoms with Crippen molar-refractivity contribution in [3.8, 4) is 0 Å². The van der Waals surface area contributed by atoms with Gasteiger partial charge in [-0.15, -0.1) is 0 Å². The van der Waals surface area contributed by atoms with Crippen LogP contribution < -0.4 is 0 Å². The molecule has 0 radical (unpaired) electrons. The quantitative estimate of drug-likeness (QED) is 0.759. The summed E-state index contributed by atoms with van der Waals surface area (Å²) < 4.78 is 5.97. The molecule has 2 aromatic carbocycles. The Hall–Kier alpha value is -2.17. The Labute approximate surface area is 173 Å². The number of piperidine rings is 2. The van der Waals surface area contributed by atoms with Crippen LogP contribution in [0.1, 0.15) is 62.1 Å². The van der Waals surface area contributed by atoms with E-state index in [4.69, 9.17) is 4.74 Å². The molecule has 154 valence electrons. The molecule has 29 heavy (non-hydrogen) atoms. The number of aliphatic hydroxyl groups is 1. The summed E-state index contributed by atoms with van der Waals surface area (Å²) in [5, 5.41) is 11.7. The molecule has 2 heterocycles. The molecule has 2 aliphatic rings. The highest BCUT2D eigenvalue weighted by Crippen LogP contribution is 2.37. The van der Waals surface area contributed by atoms with Crippen molar-refractivity contribution in [3.63, 3.8) is 0 Å². The molecule has 4 nitrogen and oxygen atoms in total. The lowest BCUT2D eigenvalue weighted by atomic mass is 9.84. The van der Waals surface area contributed by atoms with Gasteiger partial charge in [0.25, 0.3) is 0 Å². The van der Waals surface area contributed by atoms with Crippen molar-refractivity contribution in [2.45, 2.75) is 76.3 Å². The zero-order valence-electron chi connectivity index (χ0n) is 17.4. The SMILES string of the molecule is Cc1ccc(C(O)(C(=O)OC(C)N2C3CCCC2CCC3)c2ccccc2)cc1. The van der Waals surface area contributed by atoms with E-state index in [1.54, 1.807) is 12.1 Å². The minimum Gasteiger partial charge on any atom is -0.444 e. The van der Waals surface area contributed by atoms with Gasteiger partial charge in [-0.25, -0.2) is 4.79 Å². The van der Waals surface area contributed by atoms with E-state index >= 15 is 0 Å². The highest BCUT2D eigenvalue weighted by Gasteiger charge is 2.45. The lowest BCUT2D eigenvalue weighted by Gasteiger charge is -2.48. The Balaban J connectivity index is 1.63. The van der Waals surface area contributed by atoms with Crippen LogP contribution in [0.4, 0.5) is 0 Å². The summed E-state index contributed by atoms with van der Waals surface area (Å²) >= 11 is 0. The van der Waals surface area contributed by atoms with Gasteiger partial charge < -0.3 is 9.84 Å². The van der Waals surface area contributed by atoms with E-state index in [1.165, 1.54) is 38.5 Å². The zero-order chi connectivity index (χ0) is 20.4. The molecule has 2 aliphatic heterocycles. The molecule has 4 heteroatoms. The van der Waals surface area contributed by atoms with Crippen molar-refractivity contribution in [3.05, 3.63) is 71.3 Å². The summed E-state index contributed by atoms with van der Waals surface area (Å²) in [6.45, 7) is 3.94. The zero-order valence-corrected chi connectivity index (χ0v) is 17.4. The minimum absolute atomic E-state index is 0.348. The number of carbonyl (C=O) groups excluding carboxylic acids is 1. The molecular formula is C25H31NO3. The fourth-order valence-corrected chi connectivity index (χ4v) is 5.13. The average Bonchev–Trinajstić information content (AvgIpc) is 2.73. The first-order valence-electron chi connectivity index (χ1n) is 10.8. The number of rotatable bonds is 5. The van der Waals surface area contributed by atoms with Gasteiger partial charge in [0.05, 0.1) is 0 Å². The lowest BCUT2D eigenvalue weighted by Crippen LogP contribution is -2.55. The van der Waals surface area contributed by atoms with Crippen LogP contribution in [-0.4, -0.2) is 34.3 Å². The van der Waals surface area contributed by atoms with Gasteiger partial charge in [-0.2, -0.15) is 0 Å². The van der Waals surface area contributed by atoms with Crippen molar-refractivity contribution < 1.29 is 14.6 Å². The number of hydrogen-bond acceptors (Lipinski definition) is 4. The molecule has 2 saturated heterocycles. The van der Waals surface area contributed by atoms with Crippen molar-refractivity contribution in [2.24, 2.45) is 0 Å². The van der Waals surface area contributed by atoms with E-state index in [1.807, 2.05) is 56.3 Å². The van der Waals surface area contributed by atoms with Crippen LogP contribution in [-0.2, 0) is 15.1 Å². The fraction of sp³-hybridized carbons (Fsp3) is 0.480. The molecule has 2 fully saturated rings. The smallest absolute Gasteiger partial charge is 0.349 e. The highest BCUT2D eigenvalue weighted by atomic mass is 16.6. The predicted molar refractivity (Wildman–Crippen MR) is 113 cm³/mol. The molecule has 0 aromatic heterocycles. The van der Waals surface area contributed by atoms with Crippen molar-refractivity contribution in [1.82, 2.24) is 4.90 Å². The molecule has 0 spiro atoms. The molecule has 2 atom stereocenters. The Bertz CT molecular complexity index is 813. The van der Waals surface area contributed by atoms with Crippen LogP contribution >= 0.6 is 0 Å². The van der Waals surface area contributed by atoms with Crippen LogP contribution in [0.5, 0.6) is 0 Å².